The molecule has 2 aromatic carbocycles. The van der Waals surface area contributed by atoms with E-state index < -0.39 is 12.1 Å². The van der Waals surface area contributed by atoms with E-state index in [1.54, 1.807) is 48.5 Å². The van der Waals surface area contributed by atoms with E-state index >= 15 is 0 Å². The van der Waals surface area contributed by atoms with Gasteiger partial charge in [-0.15, -0.1) is 0 Å². The predicted octanol–water partition coefficient (Wildman–Crippen LogP) is 1.67. The molecule has 2 aromatic rings. The van der Waals surface area contributed by atoms with Gasteiger partial charge in [0.2, 0.25) is 0 Å². The maximum Gasteiger partial charge on any atom is 0.197 e. The Bertz CT molecular complexity index is 825. The van der Waals surface area contributed by atoms with Gasteiger partial charge in [0.15, 0.2) is 11.6 Å². The van der Waals surface area contributed by atoms with Crippen molar-refractivity contribution in [3.8, 4) is 5.75 Å². The number of hydrogen-bond acceptors (Lipinski definition) is 5. The van der Waals surface area contributed by atoms with Gasteiger partial charge in [-0.3, -0.25) is 9.59 Å². The fourth-order valence-electron chi connectivity index (χ4n) is 2.47. The van der Waals surface area contributed by atoms with Crippen LogP contribution in [0.2, 0.25) is 0 Å². The number of carbonyl (C=O) groups is 3. The average molecular weight is 321 g/mol. The van der Waals surface area contributed by atoms with Crippen LogP contribution in [0.25, 0.3) is 6.08 Å². The van der Waals surface area contributed by atoms with Crippen LogP contribution in [0.1, 0.15) is 33.2 Å². The molecule has 0 spiro atoms. The molecule has 1 atom stereocenters. The number of carbonyl (C=O) groups excluding carboxylic acids is 3. The number of benzene rings is 2. The Morgan fingerprint density at radius 1 is 1.00 bits per heavy atom. The minimum atomic E-state index is -1.30. The quantitative estimate of drug-likeness (QED) is 0.632. The number of Topliss-reactive ketones (excluding diaryl/α,β-unsaturated/α-hetero) is 2. The minimum absolute atomic E-state index is 0.118. The van der Waals surface area contributed by atoms with Gasteiger partial charge in [0.05, 0.1) is 11.5 Å². The van der Waals surface area contributed by atoms with E-state index in [4.69, 9.17) is 4.74 Å². The van der Waals surface area contributed by atoms with Crippen molar-refractivity contribution < 1.29 is 24.2 Å². The highest BCUT2D eigenvalue weighted by Crippen LogP contribution is 2.28. The molecule has 5 heteroatoms. The third-order valence-corrected chi connectivity index (χ3v) is 3.74. The molecule has 0 radical (unpaired) electrons. The summed E-state index contributed by atoms with van der Waals surface area (Å²) in [7, 11) is 0. The summed E-state index contributed by atoms with van der Waals surface area (Å²) in [5, 5.41) is 10.7. The van der Waals surface area contributed by atoms with E-state index in [-0.39, 0.29) is 17.1 Å². The average Bonchev–Trinajstić information content (AvgIpc) is 2.82. The molecular weight excluding hydrogens is 308 g/mol. The van der Waals surface area contributed by atoms with Crippen molar-refractivity contribution in [2.75, 3.05) is 0 Å². The van der Waals surface area contributed by atoms with Gasteiger partial charge < -0.3 is 14.6 Å². The van der Waals surface area contributed by atoms with E-state index in [1.807, 2.05) is 0 Å². The monoisotopic (exact) mass is 321 g/mol. The summed E-state index contributed by atoms with van der Waals surface area (Å²) >= 11 is 0. The van der Waals surface area contributed by atoms with Gasteiger partial charge in [0, 0.05) is 11.1 Å². The van der Waals surface area contributed by atoms with Crippen LogP contribution < -0.4 is 9.84 Å². The lowest BCUT2D eigenvalue weighted by Crippen LogP contribution is -2.37. The van der Waals surface area contributed by atoms with Crippen molar-refractivity contribution in [3.63, 3.8) is 0 Å². The standard InChI is InChI=1S/C19H14O5/c1-11(19(22)23)24-13-8-6-12(7-9-13)10-16-17(20)14-4-2-3-5-15(14)18(16)21/h2-11H,1H3,(H,22,23)/p-1. The third kappa shape index (κ3) is 2.84. The van der Waals surface area contributed by atoms with Crippen molar-refractivity contribution in [3.05, 3.63) is 70.8 Å². The molecule has 0 amide bonds. The number of ketones is 2. The molecule has 0 aromatic heterocycles. The van der Waals surface area contributed by atoms with Gasteiger partial charge in [-0.1, -0.05) is 36.4 Å². The highest BCUT2D eigenvalue weighted by Gasteiger charge is 2.32. The number of carboxylic acid groups (broad SMARTS) is 1. The molecule has 5 nitrogen and oxygen atoms in total. The number of hydrogen-bond donors (Lipinski definition) is 0. The Kier molecular flexibility index (Phi) is 4.00. The normalized spacial score (nSPS) is 14.3. The summed E-state index contributed by atoms with van der Waals surface area (Å²) in [4.78, 5) is 35.3. The molecule has 3 rings (SSSR count). The molecule has 0 saturated carbocycles. The SMILES string of the molecule is CC(Oc1ccc(C=C2C(=O)c3ccccc3C2=O)cc1)C(=O)[O-]. The largest absolute Gasteiger partial charge is 0.546 e. The number of rotatable bonds is 4. The maximum absolute atomic E-state index is 12.3. The van der Waals surface area contributed by atoms with E-state index in [2.05, 4.69) is 0 Å². The Morgan fingerprint density at radius 2 is 1.54 bits per heavy atom. The topological polar surface area (TPSA) is 83.5 Å². The molecular formula is C19H13O5-. The van der Waals surface area contributed by atoms with Gasteiger partial charge in [-0.2, -0.15) is 0 Å². The zero-order valence-electron chi connectivity index (χ0n) is 12.8. The molecule has 1 unspecified atom stereocenters. The first-order valence-electron chi connectivity index (χ1n) is 7.35. The fourth-order valence-corrected chi connectivity index (χ4v) is 2.47. The molecule has 1 aliphatic carbocycles. The Labute approximate surface area is 138 Å². The van der Waals surface area contributed by atoms with Crippen molar-refractivity contribution in [1.29, 1.82) is 0 Å². The molecule has 24 heavy (non-hydrogen) atoms. The lowest BCUT2D eigenvalue weighted by molar-refractivity contribution is -0.312. The van der Waals surface area contributed by atoms with Crippen LogP contribution in [0.3, 0.4) is 0 Å². The molecule has 0 saturated heterocycles. The molecule has 0 bridgehead atoms. The van der Waals surface area contributed by atoms with Crippen molar-refractivity contribution in [1.82, 2.24) is 0 Å². The molecule has 0 fully saturated rings. The smallest absolute Gasteiger partial charge is 0.197 e. The van der Waals surface area contributed by atoms with Crippen LogP contribution in [0, 0.1) is 0 Å². The molecule has 120 valence electrons. The van der Waals surface area contributed by atoms with Crippen LogP contribution in [0.4, 0.5) is 0 Å². The number of carboxylic acids is 1. The van der Waals surface area contributed by atoms with E-state index in [0.29, 0.717) is 22.4 Å². The number of aliphatic carboxylic acids is 1. The second kappa shape index (κ2) is 6.12. The summed E-state index contributed by atoms with van der Waals surface area (Å²) in [6, 6.07) is 13.1. The summed E-state index contributed by atoms with van der Waals surface area (Å²) < 4.78 is 5.18. The maximum atomic E-state index is 12.3. The molecule has 0 heterocycles. The number of fused-ring (bicyclic) bond motifs is 1. The first-order chi connectivity index (χ1) is 11.5. The predicted molar refractivity (Wildman–Crippen MR) is 84.6 cm³/mol. The summed E-state index contributed by atoms with van der Waals surface area (Å²) in [5.41, 5.74) is 1.59. The molecule has 0 N–H and O–H groups in total. The van der Waals surface area contributed by atoms with Gasteiger partial charge in [0.1, 0.15) is 11.9 Å². The zero-order chi connectivity index (χ0) is 17.3. The molecule has 0 aliphatic heterocycles. The van der Waals surface area contributed by atoms with Gasteiger partial charge >= 0.3 is 0 Å². The van der Waals surface area contributed by atoms with Crippen LogP contribution in [0.5, 0.6) is 5.75 Å². The van der Waals surface area contributed by atoms with Crippen LogP contribution in [0.15, 0.2) is 54.1 Å². The van der Waals surface area contributed by atoms with Crippen molar-refractivity contribution in [2.24, 2.45) is 0 Å². The molecule has 1 aliphatic rings. The first kappa shape index (κ1) is 15.7. The summed E-state index contributed by atoms with van der Waals surface area (Å²) in [6.45, 7) is 1.37. The van der Waals surface area contributed by atoms with E-state index in [9.17, 15) is 19.5 Å². The van der Waals surface area contributed by atoms with Crippen LogP contribution in [-0.4, -0.2) is 23.6 Å². The Hall–Kier alpha value is -3.21. The highest BCUT2D eigenvalue weighted by molar-refractivity contribution is 6.41. The van der Waals surface area contributed by atoms with Crippen molar-refractivity contribution >= 4 is 23.6 Å². The second-order valence-corrected chi connectivity index (χ2v) is 5.41. The van der Waals surface area contributed by atoms with Crippen LogP contribution >= 0.6 is 0 Å². The summed E-state index contributed by atoms with van der Waals surface area (Å²) in [6.07, 6.45) is 0.457. The third-order valence-electron chi connectivity index (χ3n) is 3.74. The minimum Gasteiger partial charge on any atom is -0.546 e. The summed E-state index contributed by atoms with van der Waals surface area (Å²) in [5.74, 6) is -1.52. The van der Waals surface area contributed by atoms with Crippen molar-refractivity contribution in [2.45, 2.75) is 13.0 Å². The zero-order valence-corrected chi connectivity index (χ0v) is 12.8. The number of ether oxygens (including phenoxy) is 1. The van der Waals surface area contributed by atoms with E-state index in [1.165, 1.54) is 13.0 Å². The van der Waals surface area contributed by atoms with Crippen LogP contribution in [-0.2, 0) is 4.79 Å². The van der Waals surface area contributed by atoms with Gasteiger partial charge in [-0.25, -0.2) is 0 Å². The van der Waals surface area contributed by atoms with Gasteiger partial charge in [-0.05, 0) is 30.7 Å². The second-order valence-electron chi connectivity index (χ2n) is 5.41. The Balaban J connectivity index is 1.84. The fraction of sp³-hybridized carbons (Fsp3) is 0.105. The lowest BCUT2D eigenvalue weighted by atomic mass is 10.1. The lowest BCUT2D eigenvalue weighted by Gasteiger charge is -2.15. The first-order valence-corrected chi connectivity index (χ1v) is 7.35. The highest BCUT2D eigenvalue weighted by atomic mass is 16.5. The van der Waals surface area contributed by atoms with E-state index in [0.717, 1.165) is 0 Å². The van der Waals surface area contributed by atoms with Gasteiger partial charge in [0.25, 0.3) is 0 Å². The Morgan fingerprint density at radius 3 is 2.04 bits per heavy atom. The number of allylic oxidation sites excluding steroid dienone is 1.